The summed E-state index contributed by atoms with van der Waals surface area (Å²) in [5.41, 5.74) is 0.0153. The minimum atomic E-state index is -1.25. The second kappa shape index (κ2) is 5.54. The highest BCUT2D eigenvalue weighted by Crippen LogP contribution is 2.23. The number of nitrogens with one attached hydrogen (secondary N) is 1. The molecule has 1 saturated heterocycles. The van der Waals surface area contributed by atoms with Crippen LogP contribution in [0.5, 0.6) is 0 Å². The highest BCUT2D eigenvalue weighted by Gasteiger charge is 2.21. The van der Waals surface area contributed by atoms with E-state index in [0.717, 1.165) is 32.7 Å². The largest absolute Gasteiger partial charge is 0.545 e. The first-order valence-electron chi connectivity index (χ1n) is 6.07. The number of carbonyl (C=O) groups excluding carboxylic acids is 1. The quantitative estimate of drug-likeness (QED) is 0.751. The third-order valence-corrected chi connectivity index (χ3v) is 3.61. The topological polar surface area (TPSA) is 60.7 Å². The van der Waals surface area contributed by atoms with Crippen LogP contribution in [0.3, 0.4) is 0 Å². The molecule has 1 N–H and O–H groups in total. The Morgan fingerprint density at radius 1 is 1.56 bits per heavy atom. The Morgan fingerprint density at radius 2 is 2.22 bits per heavy atom. The van der Waals surface area contributed by atoms with Gasteiger partial charge in [0.05, 0.1) is 43.7 Å². The first-order valence-corrected chi connectivity index (χ1v) is 6.45. The van der Waals surface area contributed by atoms with E-state index in [1.54, 1.807) is 4.90 Å². The molecule has 1 fully saturated rings. The van der Waals surface area contributed by atoms with Crippen LogP contribution in [0, 0.1) is 0 Å². The molecule has 0 atom stereocenters. The van der Waals surface area contributed by atoms with E-state index in [9.17, 15) is 9.90 Å². The maximum atomic E-state index is 10.7. The monoisotopic (exact) mass is 269 g/mol. The van der Waals surface area contributed by atoms with E-state index >= 15 is 0 Å². The van der Waals surface area contributed by atoms with Gasteiger partial charge >= 0.3 is 0 Å². The molecule has 5 nitrogen and oxygen atoms in total. The summed E-state index contributed by atoms with van der Waals surface area (Å²) in [6, 6.07) is 1.40. The molecule has 2 rings (SSSR count). The van der Waals surface area contributed by atoms with Crippen LogP contribution in [0.15, 0.2) is 12.3 Å². The van der Waals surface area contributed by atoms with Crippen molar-refractivity contribution in [2.45, 2.75) is 6.92 Å². The molecule has 18 heavy (non-hydrogen) atoms. The lowest BCUT2D eigenvalue weighted by Crippen LogP contribution is -3.14. The maximum absolute atomic E-state index is 10.7. The second-order valence-electron chi connectivity index (χ2n) is 4.41. The minimum Gasteiger partial charge on any atom is -0.545 e. The summed E-state index contributed by atoms with van der Waals surface area (Å²) in [5.74, 6) is -0.590. The lowest BCUT2D eigenvalue weighted by Gasteiger charge is -2.32. The first-order chi connectivity index (χ1) is 8.61. The van der Waals surface area contributed by atoms with Crippen LogP contribution in [-0.2, 0) is 0 Å². The number of piperazine rings is 1. The fourth-order valence-corrected chi connectivity index (χ4v) is 2.45. The zero-order chi connectivity index (χ0) is 13.1. The van der Waals surface area contributed by atoms with Crippen molar-refractivity contribution in [3.05, 3.63) is 22.8 Å². The summed E-state index contributed by atoms with van der Waals surface area (Å²) in [7, 11) is 0. The average Bonchev–Trinajstić information content (AvgIpc) is 2.38. The van der Waals surface area contributed by atoms with Crippen LogP contribution < -0.4 is 14.9 Å². The fourth-order valence-electron chi connectivity index (χ4n) is 2.16. The third-order valence-electron chi connectivity index (χ3n) is 3.33. The van der Waals surface area contributed by atoms with Crippen molar-refractivity contribution >= 4 is 23.4 Å². The number of nitrogens with zero attached hydrogens (tertiary/aromatic N) is 2. The number of hydrogen-bond donors (Lipinski definition) is 1. The number of carbonyl (C=O) groups is 1. The molecule has 1 aromatic heterocycles. The zero-order valence-electron chi connectivity index (χ0n) is 10.3. The van der Waals surface area contributed by atoms with Gasteiger partial charge in [0.25, 0.3) is 0 Å². The minimum absolute atomic E-state index is 0.0153. The van der Waals surface area contributed by atoms with E-state index in [-0.39, 0.29) is 5.56 Å². The molecule has 0 radical (unpaired) electrons. The molecule has 0 bridgehead atoms. The number of anilines is 1. The van der Waals surface area contributed by atoms with Crippen molar-refractivity contribution in [1.29, 1.82) is 0 Å². The number of rotatable bonds is 3. The van der Waals surface area contributed by atoms with E-state index in [0.29, 0.717) is 10.8 Å². The van der Waals surface area contributed by atoms with Crippen LogP contribution in [-0.4, -0.2) is 43.7 Å². The van der Waals surface area contributed by atoms with Crippen molar-refractivity contribution in [3.63, 3.8) is 0 Å². The molecular weight excluding hydrogens is 254 g/mol. The van der Waals surface area contributed by atoms with Gasteiger partial charge in [-0.1, -0.05) is 11.6 Å². The number of likely N-dealkylation sites (N-methyl/N-ethyl adjacent to an activating group) is 1. The van der Waals surface area contributed by atoms with Crippen molar-refractivity contribution in [2.24, 2.45) is 0 Å². The maximum Gasteiger partial charge on any atom is 0.147 e. The highest BCUT2D eigenvalue weighted by molar-refractivity contribution is 6.33. The molecule has 0 spiro atoms. The Kier molecular flexibility index (Phi) is 4.04. The van der Waals surface area contributed by atoms with E-state index in [2.05, 4.69) is 16.8 Å². The van der Waals surface area contributed by atoms with Gasteiger partial charge in [-0.25, -0.2) is 4.98 Å². The number of aromatic carboxylic acids is 1. The predicted molar refractivity (Wildman–Crippen MR) is 67.0 cm³/mol. The van der Waals surface area contributed by atoms with Crippen LogP contribution in [0.4, 0.5) is 5.82 Å². The molecule has 1 aliphatic heterocycles. The Balaban J connectivity index is 2.12. The van der Waals surface area contributed by atoms with Crippen molar-refractivity contribution in [2.75, 3.05) is 37.6 Å². The number of aromatic nitrogens is 1. The van der Waals surface area contributed by atoms with Crippen LogP contribution >= 0.6 is 11.6 Å². The number of halogens is 1. The molecule has 0 amide bonds. The molecule has 0 unspecified atom stereocenters. The highest BCUT2D eigenvalue weighted by atomic mass is 35.5. The zero-order valence-corrected chi connectivity index (χ0v) is 11.0. The Hall–Kier alpha value is -1.33. The van der Waals surface area contributed by atoms with Gasteiger partial charge in [-0.2, -0.15) is 0 Å². The second-order valence-corrected chi connectivity index (χ2v) is 4.81. The van der Waals surface area contributed by atoms with E-state index in [1.165, 1.54) is 12.3 Å². The number of quaternary nitrogens is 1. The molecule has 0 aromatic carbocycles. The van der Waals surface area contributed by atoms with Gasteiger partial charge in [0.2, 0.25) is 0 Å². The summed E-state index contributed by atoms with van der Waals surface area (Å²) in [6.07, 6.45) is 1.30. The third kappa shape index (κ3) is 2.73. The Morgan fingerprint density at radius 3 is 2.72 bits per heavy atom. The van der Waals surface area contributed by atoms with Gasteiger partial charge in [0, 0.05) is 11.8 Å². The Labute approximate surface area is 111 Å². The lowest BCUT2D eigenvalue weighted by molar-refractivity contribution is -0.898. The summed E-state index contributed by atoms with van der Waals surface area (Å²) < 4.78 is 0. The van der Waals surface area contributed by atoms with Crippen molar-refractivity contribution < 1.29 is 14.8 Å². The van der Waals surface area contributed by atoms with Gasteiger partial charge in [0.1, 0.15) is 5.82 Å². The van der Waals surface area contributed by atoms with E-state index in [1.807, 2.05) is 0 Å². The van der Waals surface area contributed by atoms with Crippen LogP contribution in [0.25, 0.3) is 0 Å². The average molecular weight is 270 g/mol. The van der Waals surface area contributed by atoms with Gasteiger partial charge < -0.3 is 19.7 Å². The molecule has 2 heterocycles. The predicted octanol–water partition coefficient (Wildman–Crippen LogP) is -1.18. The normalized spacial score (nSPS) is 16.9. The molecule has 1 aliphatic rings. The molecule has 0 saturated carbocycles. The van der Waals surface area contributed by atoms with Crippen LogP contribution in [0.1, 0.15) is 17.3 Å². The summed E-state index contributed by atoms with van der Waals surface area (Å²) in [4.78, 5) is 18.5. The first kappa shape index (κ1) is 13.1. The molecule has 6 heteroatoms. The van der Waals surface area contributed by atoms with E-state index in [4.69, 9.17) is 11.6 Å². The number of pyridine rings is 1. The van der Waals surface area contributed by atoms with E-state index < -0.39 is 5.97 Å². The standard InChI is InChI=1S/C12H16ClN3O2/c1-2-15-3-5-16(6-4-15)11-10(13)7-9(8-14-11)12(17)18/h7-8H,2-6H2,1H3,(H,17,18). The fraction of sp³-hybridized carbons (Fsp3) is 0.500. The molecular formula is C12H16ClN3O2. The van der Waals surface area contributed by atoms with Gasteiger partial charge in [-0.05, 0) is 13.0 Å². The SMILES string of the molecule is CC[NH+]1CCN(c2ncc(C(=O)[O-])cc2Cl)CC1. The van der Waals surface area contributed by atoms with Crippen molar-refractivity contribution in [1.82, 2.24) is 4.98 Å². The van der Waals surface area contributed by atoms with Gasteiger partial charge in [-0.3, -0.25) is 0 Å². The number of carboxylic acids is 1. The summed E-state index contributed by atoms with van der Waals surface area (Å²) in [5, 5.41) is 11.1. The summed E-state index contributed by atoms with van der Waals surface area (Å²) >= 11 is 6.07. The van der Waals surface area contributed by atoms with Gasteiger partial charge in [-0.15, -0.1) is 0 Å². The lowest BCUT2D eigenvalue weighted by atomic mass is 10.2. The van der Waals surface area contributed by atoms with Gasteiger partial charge in [0.15, 0.2) is 0 Å². The summed E-state index contributed by atoms with van der Waals surface area (Å²) in [6.45, 7) is 7.18. The number of hydrogen-bond acceptors (Lipinski definition) is 4. The molecule has 0 aliphatic carbocycles. The van der Waals surface area contributed by atoms with Crippen LogP contribution in [0.2, 0.25) is 5.02 Å². The Bertz CT molecular complexity index is 445. The smallest absolute Gasteiger partial charge is 0.147 e. The van der Waals surface area contributed by atoms with Crippen molar-refractivity contribution in [3.8, 4) is 0 Å². The molecule has 98 valence electrons. The molecule has 1 aromatic rings. The number of carboxylic acid groups (broad SMARTS) is 1.